The van der Waals surface area contributed by atoms with Crippen molar-refractivity contribution in [2.75, 3.05) is 5.32 Å². The van der Waals surface area contributed by atoms with Gasteiger partial charge in [0.2, 0.25) is 5.91 Å². The monoisotopic (exact) mass is 401 g/mol. The summed E-state index contributed by atoms with van der Waals surface area (Å²) in [5, 5.41) is 7.17. The molecule has 1 amide bonds. The molecule has 1 N–H and O–H groups in total. The number of carbonyl (C=O) groups excluding carboxylic acids is 1. The van der Waals surface area contributed by atoms with Crippen LogP contribution in [-0.4, -0.2) is 15.3 Å². The third-order valence-corrected chi connectivity index (χ3v) is 5.57. The van der Waals surface area contributed by atoms with Crippen LogP contribution in [0.25, 0.3) is 27.0 Å². The maximum Gasteiger partial charge on any atom is 0.229 e. The Balaban J connectivity index is 1.45. The Morgan fingerprint density at radius 2 is 1.83 bits per heavy atom. The summed E-state index contributed by atoms with van der Waals surface area (Å²) in [6.45, 7) is 0. The lowest BCUT2D eigenvalue weighted by Crippen LogP contribution is -2.16. The Morgan fingerprint density at radius 3 is 2.66 bits per heavy atom. The highest BCUT2D eigenvalue weighted by Gasteiger charge is 2.17. The number of hydrogen-bond donors (Lipinski definition) is 1. The zero-order valence-corrected chi connectivity index (χ0v) is 16.1. The van der Waals surface area contributed by atoms with Crippen LogP contribution in [0, 0.1) is 5.82 Å². The van der Waals surface area contributed by atoms with Gasteiger partial charge >= 0.3 is 0 Å². The normalized spacial score (nSPS) is 11.2. The molecular formula is C23H16FN3OS. The molecule has 4 nitrogen and oxygen atoms in total. The van der Waals surface area contributed by atoms with Crippen LogP contribution < -0.4 is 5.32 Å². The van der Waals surface area contributed by atoms with Crippen molar-refractivity contribution < 1.29 is 9.18 Å². The van der Waals surface area contributed by atoms with Crippen molar-refractivity contribution in [3.63, 3.8) is 0 Å². The van der Waals surface area contributed by atoms with Crippen LogP contribution in [0.1, 0.15) is 5.56 Å². The maximum atomic E-state index is 13.3. The van der Waals surface area contributed by atoms with E-state index in [2.05, 4.69) is 10.3 Å². The molecule has 0 fully saturated rings. The van der Waals surface area contributed by atoms with Crippen molar-refractivity contribution >= 4 is 38.8 Å². The number of aromatic nitrogens is 2. The summed E-state index contributed by atoms with van der Waals surface area (Å²) < 4.78 is 15.2. The van der Waals surface area contributed by atoms with Gasteiger partial charge in [0.1, 0.15) is 17.3 Å². The number of carbonyl (C=O) groups is 1. The van der Waals surface area contributed by atoms with E-state index in [0.717, 1.165) is 26.9 Å². The van der Waals surface area contributed by atoms with Crippen molar-refractivity contribution in [1.82, 2.24) is 9.38 Å². The zero-order chi connectivity index (χ0) is 19.8. The fourth-order valence-corrected chi connectivity index (χ4v) is 4.14. The highest BCUT2D eigenvalue weighted by Crippen LogP contribution is 2.31. The molecule has 5 rings (SSSR count). The predicted octanol–water partition coefficient (Wildman–Crippen LogP) is 5.54. The highest BCUT2D eigenvalue weighted by atomic mass is 32.1. The van der Waals surface area contributed by atoms with Crippen molar-refractivity contribution in [3.8, 4) is 11.3 Å². The van der Waals surface area contributed by atoms with Crippen molar-refractivity contribution in [3.05, 3.63) is 89.7 Å². The summed E-state index contributed by atoms with van der Waals surface area (Å²) in [4.78, 5) is 18.2. The lowest BCUT2D eigenvalue weighted by molar-refractivity contribution is -0.115. The molecule has 2 aromatic heterocycles. The first-order valence-electron chi connectivity index (χ1n) is 9.16. The number of benzene rings is 3. The fourth-order valence-electron chi connectivity index (χ4n) is 3.42. The standard InChI is InChI=1S/C23H16FN3OS/c24-19-9-7-17(8-10-19)21-22(27-11-12-29-23(27)26-21)25-20(28)14-15-5-6-16-3-1-2-4-18(16)13-15/h1-13H,14H2,(H,25,28). The van der Waals surface area contributed by atoms with Gasteiger partial charge in [0.05, 0.1) is 6.42 Å². The maximum absolute atomic E-state index is 13.3. The number of nitrogens with zero attached hydrogens (tertiary/aromatic N) is 2. The van der Waals surface area contributed by atoms with Crippen LogP contribution in [0.4, 0.5) is 10.2 Å². The Kier molecular flexibility index (Phi) is 4.33. The molecule has 2 heterocycles. The minimum Gasteiger partial charge on any atom is -0.310 e. The SMILES string of the molecule is O=C(Cc1ccc2ccccc2c1)Nc1c(-c2ccc(F)cc2)nc2sccn12. The number of imidazole rings is 1. The summed E-state index contributed by atoms with van der Waals surface area (Å²) in [6, 6.07) is 20.2. The number of fused-ring (bicyclic) bond motifs is 2. The van der Waals surface area contributed by atoms with E-state index in [4.69, 9.17) is 0 Å². The molecule has 3 aromatic carbocycles. The average Bonchev–Trinajstić information content (AvgIpc) is 3.31. The van der Waals surface area contributed by atoms with E-state index < -0.39 is 0 Å². The molecular weight excluding hydrogens is 385 g/mol. The minimum absolute atomic E-state index is 0.128. The van der Waals surface area contributed by atoms with E-state index >= 15 is 0 Å². The van der Waals surface area contributed by atoms with Crippen LogP contribution in [0.3, 0.4) is 0 Å². The quantitative estimate of drug-likeness (QED) is 0.430. The van der Waals surface area contributed by atoms with Gasteiger partial charge in [-0.25, -0.2) is 9.37 Å². The van der Waals surface area contributed by atoms with Crippen LogP contribution in [0.5, 0.6) is 0 Å². The van der Waals surface area contributed by atoms with Gasteiger partial charge in [-0.3, -0.25) is 9.20 Å². The first-order valence-corrected chi connectivity index (χ1v) is 10.0. The van der Waals surface area contributed by atoms with Crippen molar-refractivity contribution in [1.29, 1.82) is 0 Å². The fraction of sp³-hybridized carbons (Fsp3) is 0.0435. The Labute approximate surface area is 170 Å². The molecule has 0 bridgehead atoms. The summed E-state index contributed by atoms with van der Waals surface area (Å²) in [5.41, 5.74) is 2.32. The van der Waals surface area contributed by atoms with Gasteiger partial charge in [-0.1, -0.05) is 42.5 Å². The third-order valence-electron chi connectivity index (χ3n) is 4.82. The largest absolute Gasteiger partial charge is 0.310 e. The van der Waals surface area contributed by atoms with Crippen LogP contribution in [-0.2, 0) is 11.2 Å². The number of rotatable bonds is 4. The van der Waals surface area contributed by atoms with Gasteiger partial charge in [-0.05, 0) is 40.6 Å². The number of amides is 1. The first kappa shape index (κ1) is 17.6. The summed E-state index contributed by atoms with van der Waals surface area (Å²) in [6.07, 6.45) is 2.12. The van der Waals surface area contributed by atoms with Gasteiger partial charge in [0.15, 0.2) is 4.96 Å². The molecule has 6 heteroatoms. The molecule has 0 aliphatic carbocycles. The number of hydrogen-bond acceptors (Lipinski definition) is 3. The Hall–Kier alpha value is -3.51. The predicted molar refractivity (Wildman–Crippen MR) is 115 cm³/mol. The molecule has 0 aliphatic rings. The lowest BCUT2D eigenvalue weighted by atomic mass is 10.0. The summed E-state index contributed by atoms with van der Waals surface area (Å²) in [7, 11) is 0. The van der Waals surface area contributed by atoms with E-state index in [-0.39, 0.29) is 18.1 Å². The number of thiazole rings is 1. The zero-order valence-electron chi connectivity index (χ0n) is 15.3. The van der Waals surface area contributed by atoms with E-state index in [1.54, 1.807) is 12.1 Å². The van der Waals surface area contributed by atoms with Crippen LogP contribution in [0.15, 0.2) is 78.3 Å². The summed E-state index contributed by atoms with van der Waals surface area (Å²) >= 11 is 1.48. The first-order chi connectivity index (χ1) is 14.2. The number of nitrogens with one attached hydrogen (secondary N) is 1. The highest BCUT2D eigenvalue weighted by molar-refractivity contribution is 7.15. The molecule has 0 radical (unpaired) electrons. The van der Waals surface area contributed by atoms with Crippen LogP contribution in [0.2, 0.25) is 0 Å². The van der Waals surface area contributed by atoms with Gasteiger partial charge in [0.25, 0.3) is 0 Å². The second kappa shape index (κ2) is 7.14. The molecule has 0 atom stereocenters. The van der Waals surface area contributed by atoms with Crippen molar-refractivity contribution in [2.24, 2.45) is 0 Å². The minimum atomic E-state index is -0.309. The average molecular weight is 401 g/mol. The third kappa shape index (κ3) is 3.39. The second-order valence-electron chi connectivity index (χ2n) is 6.78. The van der Waals surface area contributed by atoms with E-state index in [1.807, 2.05) is 58.4 Å². The molecule has 0 unspecified atom stereocenters. The van der Waals surface area contributed by atoms with Gasteiger partial charge in [0, 0.05) is 17.1 Å². The van der Waals surface area contributed by atoms with E-state index in [1.165, 1.54) is 23.5 Å². The van der Waals surface area contributed by atoms with E-state index in [0.29, 0.717) is 11.5 Å². The van der Waals surface area contributed by atoms with Gasteiger partial charge in [-0.15, -0.1) is 11.3 Å². The molecule has 0 saturated heterocycles. The Bertz CT molecular complexity index is 1340. The van der Waals surface area contributed by atoms with Gasteiger partial charge < -0.3 is 5.32 Å². The van der Waals surface area contributed by atoms with Crippen molar-refractivity contribution in [2.45, 2.75) is 6.42 Å². The lowest BCUT2D eigenvalue weighted by Gasteiger charge is -2.08. The molecule has 0 saturated carbocycles. The molecule has 5 aromatic rings. The Morgan fingerprint density at radius 1 is 1.03 bits per heavy atom. The van der Waals surface area contributed by atoms with Crippen LogP contribution >= 0.6 is 11.3 Å². The van der Waals surface area contributed by atoms with Gasteiger partial charge in [-0.2, -0.15) is 0 Å². The molecule has 142 valence electrons. The molecule has 0 aliphatic heterocycles. The topological polar surface area (TPSA) is 46.4 Å². The molecule has 29 heavy (non-hydrogen) atoms. The number of halogens is 1. The summed E-state index contributed by atoms with van der Waals surface area (Å²) in [5.74, 6) is 0.159. The van der Waals surface area contributed by atoms with E-state index in [9.17, 15) is 9.18 Å². The molecule has 0 spiro atoms. The number of anilines is 1. The smallest absolute Gasteiger partial charge is 0.229 e. The second-order valence-corrected chi connectivity index (χ2v) is 7.65.